The fraction of sp³-hybridized carbons (Fsp3) is 0.875. The highest BCUT2D eigenvalue weighted by atomic mass is 16.2. The molecule has 0 aliphatic rings. The SMILES string of the molecule is CCCC(NC)C(=O)NCC. The Morgan fingerprint density at radius 3 is 2.45 bits per heavy atom. The van der Waals surface area contributed by atoms with Gasteiger partial charge in [-0.2, -0.15) is 0 Å². The van der Waals surface area contributed by atoms with Crippen LogP contribution in [0.15, 0.2) is 0 Å². The Bertz CT molecular complexity index is 115. The van der Waals surface area contributed by atoms with E-state index in [9.17, 15) is 4.79 Å². The fourth-order valence-corrected chi connectivity index (χ4v) is 0.993. The zero-order valence-electron chi connectivity index (χ0n) is 7.61. The van der Waals surface area contributed by atoms with Gasteiger partial charge in [-0.15, -0.1) is 0 Å². The summed E-state index contributed by atoms with van der Waals surface area (Å²) < 4.78 is 0. The molecular formula is C8H18N2O. The second kappa shape index (κ2) is 6.16. The predicted octanol–water partition coefficient (Wildman–Crippen LogP) is 0.511. The predicted molar refractivity (Wildman–Crippen MR) is 46.4 cm³/mol. The Balaban J connectivity index is 3.71. The topological polar surface area (TPSA) is 41.1 Å². The van der Waals surface area contributed by atoms with Crippen LogP contribution in [0, 0.1) is 0 Å². The summed E-state index contributed by atoms with van der Waals surface area (Å²) in [6, 6.07) is -0.0139. The van der Waals surface area contributed by atoms with Crippen molar-refractivity contribution in [2.75, 3.05) is 13.6 Å². The van der Waals surface area contributed by atoms with Gasteiger partial charge >= 0.3 is 0 Å². The molecule has 0 aliphatic heterocycles. The molecule has 0 rings (SSSR count). The van der Waals surface area contributed by atoms with Crippen molar-refractivity contribution in [3.05, 3.63) is 0 Å². The van der Waals surface area contributed by atoms with E-state index in [-0.39, 0.29) is 11.9 Å². The molecule has 3 heteroatoms. The number of likely N-dealkylation sites (N-methyl/N-ethyl adjacent to an activating group) is 2. The van der Waals surface area contributed by atoms with Crippen molar-refractivity contribution in [3.63, 3.8) is 0 Å². The van der Waals surface area contributed by atoms with E-state index >= 15 is 0 Å². The van der Waals surface area contributed by atoms with Crippen molar-refractivity contribution >= 4 is 5.91 Å². The number of carbonyl (C=O) groups excluding carboxylic acids is 1. The van der Waals surface area contributed by atoms with Crippen LogP contribution in [-0.4, -0.2) is 25.5 Å². The molecule has 11 heavy (non-hydrogen) atoms. The third-order valence-corrected chi connectivity index (χ3v) is 1.59. The van der Waals surface area contributed by atoms with Gasteiger partial charge in [-0.3, -0.25) is 4.79 Å². The minimum atomic E-state index is -0.0139. The molecule has 3 nitrogen and oxygen atoms in total. The maximum atomic E-state index is 11.2. The highest BCUT2D eigenvalue weighted by Gasteiger charge is 2.12. The lowest BCUT2D eigenvalue weighted by molar-refractivity contribution is -0.123. The molecule has 1 atom stereocenters. The van der Waals surface area contributed by atoms with Gasteiger partial charge < -0.3 is 10.6 Å². The lowest BCUT2D eigenvalue weighted by atomic mass is 10.1. The molecule has 0 bridgehead atoms. The molecule has 1 unspecified atom stereocenters. The van der Waals surface area contributed by atoms with E-state index in [0.29, 0.717) is 6.54 Å². The second-order valence-electron chi connectivity index (χ2n) is 2.52. The molecule has 0 aromatic rings. The smallest absolute Gasteiger partial charge is 0.237 e. The Kier molecular flexibility index (Phi) is 5.84. The zero-order chi connectivity index (χ0) is 8.69. The molecule has 0 spiro atoms. The molecule has 0 radical (unpaired) electrons. The van der Waals surface area contributed by atoms with Gasteiger partial charge in [0, 0.05) is 6.54 Å². The van der Waals surface area contributed by atoms with Crippen LogP contribution in [0.2, 0.25) is 0 Å². The van der Waals surface area contributed by atoms with Crippen molar-refractivity contribution in [2.45, 2.75) is 32.7 Å². The number of nitrogens with one attached hydrogen (secondary N) is 2. The third-order valence-electron chi connectivity index (χ3n) is 1.59. The van der Waals surface area contributed by atoms with Crippen LogP contribution in [0.1, 0.15) is 26.7 Å². The van der Waals surface area contributed by atoms with Crippen molar-refractivity contribution in [1.82, 2.24) is 10.6 Å². The van der Waals surface area contributed by atoms with E-state index < -0.39 is 0 Å². The van der Waals surface area contributed by atoms with E-state index in [1.807, 2.05) is 14.0 Å². The van der Waals surface area contributed by atoms with Crippen molar-refractivity contribution in [2.24, 2.45) is 0 Å². The lowest BCUT2D eigenvalue weighted by Crippen LogP contribution is -2.42. The average Bonchev–Trinajstić information content (AvgIpc) is 2.00. The zero-order valence-corrected chi connectivity index (χ0v) is 7.61. The van der Waals surface area contributed by atoms with Crippen molar-refractivity contribution in [3.8, 4) is 0 Å². The molecule has 0 aromatic carbocycles. The highest BCUT2D eigenvalue weighted by molar-refractivity contribution is 5.81. The summed E-state index contributed by atoms with van der Waals surface area (Å²) in [6.45, 7) is 4.71. The molecule has 0 fully saturated rings. The van der Waals surface area contributed by atoms with Gasteiger partial charge in [0.05, 0.1) is 6.04 Å². The first kappa shape index (κ1) is 10.4. The summed E-state index contributed by atoms with van der Waals surface area (Å²) in [5.41, 5.74) is 0. The summed E-state index contributed by atoms with van der Waals surface area (Å²) in [5, 5.41) is 5.76. The molecule has 1 amide bonds. The van der Waals surface area contributed by atoms with Crippen LogP contribution in [-0.2, 0) is 4.79 Å². The fourth-order valence-electron chi connectivity index (χ4n) is 0.993. The van der Waals surface area contributed by atoms with E-state index in [2.05, 4.69) is 17.6 Å². The molecule has 0 aromatic heterocycles. The van der Waals surface area contributed by atoms with Crippen LogP contribution in [0.5, 0.6) is 0 Å². The standard InChI is InChI=1S/C8H18N2O/c1-4-6-7(9-3)8(11)10-5-2/h7,9H,4-6H2,1-3H3,(H,10,11). The molecular weight excluding hydrogens is 140 g/mol. The molecule has 0 saturated carbocycles. The normalized spacial score (nSPS) is 12.6. The number of hydrogen-bond donors (Lipinski definition) is 2. The maximum absolute atomic E-state index is 11.2. The lowest BCUT2D eigenvalue weighted by Gasteiger charge is -2.13. The number of amides is 1. The molecule has 66 valence electrons. The van der Waals surface area contributed by atoms with Gasteiger partial charge in [0.2, 0.25) is 5.91 Å². The molecule has 0 saturated heterocycles. The van der Waals surface area contributed by atoms with E-state index in [1.165, 1.54) is 0 Å². The van der Waals surface area contributed by atoms with Gasteiger partial charge in [0.25, 0.3) is 0 Å². The van der Waals surface area contributed by atoms with E-state index in [4.69, 9.17) is 0 Å². The van der Waals surface area contributed by atoms with Crippen LogP contribution >= 0.6 is 0 Å². The Morgan fingerprint density at radius 2 is 2.09 bits per heavy atom. The van der Waals surface area contributed by atoms with Crippen molar-refractivity contribution in [1.29, 1.82) is 0 Å². The van der Waals surface area contributed by atoms with Crippen LogP contribution < -0.4 is 10.6 Å². The highest BCUT2D eigenvalue weighted by Crippen LogP contribution is 1.94. The minimum absolute atomic E-state index is 0.0139. The van der Waals surface area contributed by atoms with Gasteiger partial charge in [-0.05, 0) is 20.4 Å². The van der Waals surface area contributed by atoms with Gasteiger partial charge in [0.15, 0.2) is 0 Å². The number of rotatable bonds is 5. The Morgan fingerprint density at radius 1 is 1.45 bits per heavy atom. The van der Waals surface area contributed by atoms with Gasteiger partial charge in [-0.25, -0.2) is 0 Å². The Labute approximate surface area is 68.6 Å². The van der Waals surface area contributed by atoms with Gasteiger partial charge in [-0.1, -0.05) is 13.3 Å². The second-order valence-corrected chi connectivity index (χ2v) is 2.52. The molecule has 2 N–H and O–H groups in total. The van der Waals surface area contributed by atoms with Crippen LogP contribution in [0.4, 0.5) is 0 Å². The number of hydrogen-bond acceptors (Lipinski definition) is 2. The van der Waals surface area contributed by atoms with E-state index in [0.717, 1.165) is 12.8 Å². The first-order valence-electron chi connectivity index (χ1n) is 4.21. The molecule has 0 aliphatic carbocycles. The quantitative estimate of drug-likeness (QED) is 0.612. The van der Waals surface area contributed by atoms with Crippen LogP contribution in [0.25, 0.3) is 0 Å². The van der Waals surface area contributed by atoms with E-state index in [1.54, 1.807) is 0 Å². The summed E-state index contributed by atoms with van der Waals surface area (Å²) in [6.07, 6.45) is 1.94. The first-order chi connectivity index (χ1) is 5.26. The number of carbonyl (C=O) groups is 1. The third kappa shape index (κ3) is 3.98. The van der Waals surface area contributed by atoms with Crippen LogP contribution in [0.3, 0.4) is 0 Å². The van der Waals surface area contributed by atoms with Gasteiger partial charge in [0.1, 0.15) is 0 Å². The Hall–Kier alpha value is -0.570. The summed E-state index contributed by atoms with van der Waals surface area (Å²) in [5.74, 6) is 0.108. The summed E-state index contributed by atoms with van der Waals surface area (Å²) in [7, 11) is 1.82. The largest absolute Gasteiger partial charge is 0.355 e. The summed E-state index contributed by atoms with van der Waals surface area (Å²) in [4.78, 5) is 11.2. The molecule has 0 heterocycles. The maximum Gasteiger partial charge on any atom is 0.237 e. The average molecular weight is 158 g/mol. The van der Waals surface area contributed by atoms with Crippen molar-refractivity contribution < 1.29 is 4.79 Å². The summed E-state index contributed by atoms with van der Waals surface area (Å²) >= 11 is 0. The first-order valence-corrected chi connectivity index (χ1v) is 4.21. The monoisotopic (exact) mass is 158 g/mol. The minimum Gasteiger partial charge on any atom is -0.355 e.